The SMILES string of the molecule is CC(=O)N1CCC(C(=O)NCc2cccnc2-n2cncn2)CC1. The van der Waals surface area contributed by atoms with E-state index in [1.165, 1.54) is 6.33 Å². The van der Waals surface area contributed by atoms with Crippen molar-refractivity contribution >= 4 is 11.8 Å². The molecule has 24 heavy (non-hydrogen) atoms. The highest BCUT2D eigenvalue weighted by molar-refractivity contribution is 5.79. The highest BCUT2D eigenvalue weighted by Gasteiger charge is 2.25. The van der Waals surface area contributed by atoms with Crippen LogP contribution in [0.25, 0.3) is 5.82 Å². The summed E-state index contributed by atoms with van der Waals surface area (Å²) in [5.74, 6) is 0.696. The lowest BCUT2D eigenvalue weighted by atomic mass is 9.96. The molecule has 0 saturated carbocycles. The van der Waals surface area contributed by atoms with Crippen molar-refractivity contribution in [3.05, 3.63) is 36.5 Å². The molecule has 8 nitrogen and oxygen atoms in total. The van der Waals surface area contributed by atoms with Gasteiger partial charge in [0.2, 0.25) is 11.8 Å². The van der Waals surface area contributed by atoms with E-state index in [1.807, 2.05) is 12.1 Å². The topological polar surface area (TPSA) is 93.0 Å². The average Bonchev–Trinajstić information content (AvgIpc) is 3.14. The summed E-state index contributed by atoms with van der Waals surface area (Å²) in [6, 6.07) is 3.73. The monoisotopic (exact) mass is 328 g/mol. The minimum Gasteiger partial charge on any atom is -0.352 e. The number of hydrogen-bond acceptors (Lipinski definition) is 5. The number of aromatic nitrogens is 4. The van der Waals surface area contributed by atoms with Crippen molar-refractivity contribution in [3.8, 4) is 5.82 Å². The minimum atomic E-state index is -0.0490. The van der Waals surface area contributed by atoms with Crippen LogP contribution in [0.4, 0.5) is 0 Å². The fourth-order valence-electron chi connectivity index (χ4n) is 2.88. The Kier molecular flexibility index (Phi) is 4.83. The van der Waals surface area contributed by atoms with Crippen LogP contribution in [0.3, 0.4) is 0 Å². The van der Waals surface area contributed by atoms with Gasteiger partial charge in [0.1, 0.15) is 12.7 Å². The van der Waals surface area contributed by atoms with Gasteiger partial charge in [0, 0.05) is 44.2 Å². The summed E-state index contributed by atoms with van der Waals surface area (Å²) in [5, 5.41) is 7.05. The number of hydrogen-bond donors (Lipinski definition) is 1. The molecule has 0 unspecified atom stereocenters. The predicted molar refractivity (Wildman–Crippen MR) is 86.0 cm³/mol. The number of carbonyl (C=O) groups excluding carboxylic acids is 2. The van der Waals surface area contributed by atoms with E-state index in [0.717, 1.165) is 5.56 Å². The summed E-state index contributed by atoms with van der Waals surface area (Å²) in [6.07, 6.45) is 6.10. The molecule has 3 rings (SSSR count). The first kappa shape index (κ1) is 16.1. The number of amides is 2. The van der Waals surface area contributed by atoms with Gasteiger partial charge in [-0.05, 0) is 18.9 Å². The van der Waals surface area contributed by atoms with Crippen LogP contribution in [0, 0.1) is 5.92 Å². The van der Waals surface area contributed by atoms with Gasteiger partial charge in [-0.15, -0.1) is 0 Å². The molecule has 0 aliphatic carbocycles. The largest absolute Gasteiger partial charge is 0.352 e. The molecular formula is C16H20N6O2. The van der Waals surface area contributed by atoms with Crippen LogP contribution >= 0.6 is 0 Å². The van der Waals surface area contributed by atoms with Crippen molar-refractivity contribution in [3.63, 3.8) is 0 Å². The number of nitrogens with one attached hydrogen (secondary N) is 1. The smallest absolute Gasteiger partial charge is 0.223 e. The van der Waals surface area contributed by atoms with Crippen molar-refractivity contribution in [2.45, 2.75) is 26.3 Å². The van der Waals surface area contributed by atoms with Gasteiger partial charge >= 0.3 is 0 Å². The number of likely N-dealkylation sites (tertiary alicyclic amines) is 1. The summed E-state index contributed by atoms with van der Waals surface area (Å²) in [7, 11) is 0. The van der Waals surface area contributed by atoms with Crippen molar-refractivity contribution in [1.29, 1.82) is 0 Å². The maximum Gasteiger partial charge on any atom is 0.223 e. The summed E-state index contributed by atoms with van der Waals surface area (Å²) in [4.78, 5) is 33.7. The number of nitrogens with zero attached hydrogens (tertiary/aromatic N) is 5. The Morgan fingerprint density at radius 2 is 2.12 bits per heavy atom. The van der Waals surface area contributed by atoms with Crippen LogP contribution in [-0.2, 0) is 16.1 Å². The molecule has 2 amide bonds. The number of piperidine rings is 1. The van der Waals surface area contributed by atoms with E-state index >= 15 is 0 Å². The Bertz CT molecular complexity index is 707. The standard InChI is InChI=1S/C16H20N6O2/c1-12(23)21-7-4-13(5-8-21)16(24)19-9-14-3-2-6-18-15(14)22-11-17-10-20-22/h2-3,6,10-11,13H,4-5,7-9H2,1H3,(H,19,24). The third kappa shape index (κ3) is 3.58. The molecule has 1 aliphatic heterocycles. The second-order valence-electron chi connectivity index (χ2n) is 5.82. The molecule has 1 fully saturated rings. The second kappa shape index (κ2) is 7.20. The van der Waals surface area contributed by atoms with Crippen LogP contribution in [-0.4, -0.2) is 49.6 Å². The van der Waals surface area contributed by atoms with Crippen molar-refractivity contribution in [2.75, 3.05) is 13.1 Å². The Morgan fingerprint density at radius 1 is 1.33 bits per heavy atom. The lowest BCUT2D eigenvalue weighted by Crippen LogP contribution is -2.42. The number of pyridine rings is 1. The first-order valence-electron chi connectivity index (χ1n) is 7.97. The Labute approximate surface area is 139 Å². The van der Waals surface area contributed by atoms with Gasteiger partial charge in [0.05, 0.1) is 0 Å². The fraction of sp³-hybridized carbons (Fsp3) is 0.438. The van der Waals surface area contributed by atoms with Gasteiger partial charge in [0.15, 0.2) is 5.82 Å². The third-order valence-electron chi connectivity index (χ3n) is 4.27. The molecular weight excluding hydrogens is 308 g/mol. The molecule has 0 atom stereocenters. The predicted octanol–water partition coefficient (Wildman–Crippen LogP) is 0.537. The maximum absolute atomic E-state index is 12.4. The van der Waals surface area contributed by atoms with Crippen molar-refractivity contribution in [2.24, 2.45) is 5.92 Å². The molecule has 0 bridgehead atoms. The molecule has 8 heteroatoms. The first-order valence-corrected chi connectivity index (χ1v) is 7.97. The van der Waals surface area contributed by atoms with Gasteiger partial charge in [-0.1, -0.05) is 6.07 Å². The van der Waals surface area contributed by atoms with Gasteiger partial charge < -0.3 is 10.2 Å². The Hall–Kier alpha value is -2.77. The lowest BCUT2D eigenvalue weighted by Gasteiger charge is -2.30. The minimum absolute atomic E-state index is 0.0200. The van der Waals surface area contributed by atoms with Crippen molar-refractivity contribution < 1.29 is 9.59 Å². The van der Waals surface area contributed by atoms with E-state index in [-0.39, 0.29) is 17.7 Å². The summed E-state index contributed by atoms with van der Waals surface area (Å²) >= 11 is 0. The Balaban J connectivity index is 1.59. The van der Waals surface area contributed by atoms with Crippen LogP contribution in [0.5, 0.6) is 0 Å². The first-order chi connectivity index (χ1) is 11.6. The molecule has 1 saturated heterocycles. The number of rotatable bonds is 4. The quantitative estimate of drug-likeness (QED) is 0.884. The van der Waals surface area contributed by atoms with E-state index in [0.29, 0.717) is 38.3 Å². The summed E-state index contributed by atoms with van der Waals surface area (Å²) in [6.45, 7) is 3.23. The zero-order valence-corrected chi connectivity index (χ0v) is 13.6. The van der Waals surface area contributed by atoms with Gasteiger partial charge in [-0.3, -0.25) is 9.59 Å². The fourth-order valence-corrected chi connectivity index (χ4v) is 2.88. The van der Waals surface area contributed by atoms with E-state index in [1.54, 1.807) is 29.0 Å². The Morgan fingerprint density at radius 3 is 2.79 bits per heavy atom. The second-order valence-corrected chi connectivity index (χ2v) is 5.82. The zero-order valence-electron chi connectivity index (χ0n) is 13.6. The van der Waals surface area contributed by atoms with Gasteiger partial charge in [-0.25, -0.2) is 14.6 Å². The van der Waals surface area contributed by atoms with Gasteiger partial charge in [0.25, 0.3) is 0 Å². The van der Waals surface area contributed by atoms with E-state index in [9.17, 15) is 9.59 Å². The summed E-state index contributed by atoms with van der Waals surface area (Å²) in [5.41, 5.74) is 0.873. The molecule has 2 aromatic heterocycles. The third-order valence-corrected chi connectivity index (χ3v) is 4.27. The van der Waals surface area contributed by atoms with E-state index < -0.39 is 0 Å². The van der Waals surface area contributed by atoms with Crippen molar-refractivity contribution in [1.82, 2.24) is 30.0 Å². The molecule has 0 aromatic carbocycles. The molecule has 126 valence electrons. The highest BCUT2D eigenvalue weighted by atomic mass is 16.2. The highest BCUT2D eigenvalue weighted by Crippen LogP contribution is 2.18. The van der Waals surface area contributed by atoms with Crippen LogP contribution in [0.15, 0.2) is 31.0 Å². The molecule has 2 aromatic rings. The molecule has 3 heterocycles. The number of carbonyl (C=O) groups is 2. The summed E-state index contributed by atoms with van der Waals surface area (Å²) < 4.78 is 1.58. The lowest BCUT2D eigenvalue weighted by molar-refractivity contribution is -0.134. The van der Waals surface area contributed by atoms with Crippen LogP contribution in [0.1, 0.15) is 25.3 Å². The maximum atomic E-state index is 12.4. The van der Waals surface area contributed by atoms with Crippen LogP contribution < -0.4 is 5.32 Å². The normalized spacial score (nSPS) is 15.3. The van der Waals surface area contributed by atoms with E-state index in [2.05, 4.69) is 20.4 Å². The van der Waals surface area contributed by atoms with Crippen LogP contribution in [0.2, 0.25) is 0 Å². The molecule has 1 N–H and O–H groups in total. The van der Waals surface area contributed by atoms with Gasteiger partial charge in [-0.2, -0.15) is 5.10 Å². The van der Waals surface area contributed by atoms with E-state index in [4.69, 9.17) is 0 Å². The average molecular weight is 328 g/mol. The molecule has 0 spiro atoms. The molecule has 0 radical (unpaired) electrons. The zero-order chi connectivity index (χ0) is 16.9. The molecule has 1 aliphatic rings.